The fourth-order valence-corrected chi connectivity index (χ4v) is 0.543. The van der Waals surface area contributed by atoms with Gasteiger partial charge in [0.05, 0.1) is 0 Å². The Kier molecular flexibility index (Phi) is 0.664. The standard InChI is InChI=1S/C5H12N2/c6-7-4-2-1-3-5-7/h1-6H2/i4D2,5D2. The van der Waals surface area contributed by atoms with Gasteiger partial charge in [0.15, 0.2) is 0 Å². The molecule has 0 radical (unpaired) electrons. The molecule has 2 heteroatoms. The second kappa shape index (κ2) is 2.28. The first kappa shape index (κ1) is 2.03. The van der Waals surface area contributed by atoms with Crippen molar-refractivity contribution in [1.29, 1.82) is 0 Å². The lowest BCUT2D eigenvalue weighted by Gasteiger charge is -2.20. The molecule has 0 saturated carbocycles. The Hall–Kier alpha value is -0.0800. The summed E-state index contributed by atoms with van der Waals surface area (Å²) in [7, 11) is 0. The van der Waals surface area contributed by atoms with Crippen LogP contribution in [-0.4, -0.2) is 18.0 Å². The summed E-state index contributed by atoms with van der Waals surface area (Å²) in [5, 5.41) is 0.684. The molecule has 1 aliphatic rings. The van der Waals surface area contributed by atoms with Crippen molar-refractivity contribution in [2.75, 3.05) is 13.0 Å². The highest BCUT2D eigenvalue weighted by Gasteiger charge is 2.02. The number of nitrogens with two attached hydrogens (primary N) is 1. The van der Waals surface area contributed by atoms with Crippen LogP contribution in [-0.2, 0) is 0 Å². The van der Waals surface area contributed by atoms with Crippen LogP contribution in [0.25, 0.3) is 0 Å². The Bertz CT molecular complexity index is 143. The van der Waals surface area contributed by atoms with Gasteiger partial charge in [-0.1, -0.05) is 6.42 Å². The SMILES string of the molecule is [2H]C1([2H])CCCC([2H])([2H])N1N. The molecule has 1 aliphatic heterocycles. The highest BCUT2D eigenvalue weighted by atomic mass is 15.4. The van der Waals surface area contributed by atoms with Gasteiger partial charge in [-0.15, -0.1) is 0 Å². The van der Waals surface area contributed by atoms with Crippen LogP contribution in [0.5, 0.6) is 0 Å². The maximum Gasteiger partial charge on any atom is 0.0446 e. The zero-order chi connectivity index (χ0) is 8.70. The van der Waals surface area contributed by atoms with Crippen molar-refractivity contribution in [3.63, 3.8) is 0 Å². The van der Waals surface area contributed by atoms with Crippen LogP contribution in [0.4, 0.5) is 0 Å². The van der Waals surface area contributed by atoms with Crippen molar-refractivity contribution in [1.82, 2.24) is 5.01 Å². The molecule has 0 aromatic heterocycles. The maximum atomic E-state index is 7.32. The van der Waals surface area contributed by atoms with Crippen LogP contribution < -0.4 is 5.84 Å². The van der Waals surface area contributed by atoms with Crippen molar-refractivity contribution in [3.05, 3.63) is 0 Å². The molecule has 1 heterocycles. The van der Waals surface area contributed by atoms with Crippen LogP contribution in [0.15, 0.2) is 0 Å². The largest absolute Gasteiger partial charge is 0.269 e. The lowest BCUT2D eigenvalue weighted by molar-refractivity contribution is 0.235. The number of piperidine rings is 1. The third-order valence-corrected chi connectivity index (χ3v) is 0.918. The average molecular weight is 104 g/mol. The van der Waals surface area contributed by atoms with E-state index in [-0.39, 0.29) is 0 Å². The van der Waals surface area contributed by atoms with Crippen LogP contribution in [0, 0.1) is 0 Å². The summed E-state index contributed by atoms with van der Waals surface area (Å²) in [5.41, 5.74) is 0. The second-order valence-corrected chi connectivity index (χ2v) is 1.54. The number of hydrogen-bond donors (Lipinski definition) is 1. The molecule has 1 fully saturated rings. The van der Waals surface area contributed by atoms with Gasteiger partial charge >= 0.3 is 0 Å². The summed E-state index contributed by atoms with van der Waals surface area (Å²) in [6, 6.07) is 0. The van der Waals surface area contributed by atoms with Gasteiger partial charge in [-0.2, -0.15) is 0 Å². The predicted molar refractivity (Wildman–Crippen MR) is 29.6 cm³/mol. The van der Waals surface area contributed by atoms with Gasteiger partial charge in [0.25, 0.3) is 0 Å². The summed E-state index contributed by atoms with van der Waals surface area (Å²) in [6.45, 7) is -3.39. The lowest BCUT2D eigenvalue weighted by atomic mass is 10.2. The topological polar surface area (TPSA) is 29.3 Å². The van der Waals surface area contributed by atoms with E-state index in [1.165, 1.54) is 0 Å². The highest BCUT2D eigenvalue weighted by Crippen LogP contribution is 2.03. The van der Waals surface area contributed by atoms with Gasteiger partial charge in [-0.05, 0) is 12.8 Å². The van der Waals surface area contributed by atoms with Crippen LogP contribution in [0.3, 0.4) is 0 Å². The lowest BCUT2D eigenvalue weighted by Crippen LogP contribution is -2.35. The minimum absolute atomic E-state index is 0.309. The zero-order valence-corrected chi connectivity index (χ0v) is 4.15. The molecular formula is C5H12N2. The molecule has 0 unspecified atom stereocenters. The highest BCUT2D eigenvalue weighted by molar-refractivity contribution is 4.56. The summed E-state index contributed by atoms with van der Waals surface area (Å²) in [5.74, 6) is 5.27. The van der Waals surface area contributed by atoms with E-state index < -0.39 is 13.0 Å². The summed E-state index contributed by atoms with van der Waals surface area (Å²) in [6.07, 6.45) is 1.17. The fourth-order valence-electron chi connectivity index (χ4n) is 0.543. The van der Waals surface area contributed by atoms with E-state index in [1.54, 1.807) is 0 Å². The van der Waals surface area contributed by atoms with E-state index in [4.69, 9.17) is 11.3 Å². The molecule has 1 rings (SSSR count). The Balaban J connectivity index is 2.76. The van der Waals surface area contributed by atoms with E-state index in [1.807, 2.05) is 0 Å². The summed E-state index contributed by atoms with van der Waals surface area (Å²) < 4.78 is 29.3. The van der Waals surface area contributed by atoms with E-state index in [0.29, 0.717) is 24.3 Å². The molecule has 0 aromatic carbocycles. The monoisotopic (exact) mass is 104 g/mol. The van der Waals surface area contributed by atoms with Gasteiger partial charge in [-0.3, -0.25) is 5.84 Å². The quantitative estimate of drug-likeness (QED) is 0.449. The van der Waals surface area contributed by atoms with E-state index >= 15 is 0 Å². The minimum atomic E-state index is -1.69. The van der Waals surface area contributed by atoms with Crippen molar-refractivity contribution in [2.24, 2.45) is 5.84 Å². The van der Waals surface area contributed by atoms with Gasteiger partial charge in [-0.25, -0.2) is 5.01 Å². The van der Waals surface area contributed by atoms with Gasteiger partial charge in [0.1, 0.15) is 0 Å². The zero-order valence-electron chi connectivity index (χ0n) is 8.15. The van der Waals surface area contributed by atoms with Crippen LogP contribution in [0.1, 0.15) is 24.7 Å². The molecule has 42 valence electrons. The van der Waals surface area contributed by atoms with Crippen LogP contribution >= 0.6 is 0 Å². The second-order valence-electron chi connectivity index (χ2n) is 1.54. The van der Waals surface area contributed by atoms with Gasteiger partial charge in [0, 0.05) is 18.5 Å². The molecular weight excluding hydrogens is 88.1 g/mol. The van der Waals surface area contributed by atoms with Crippen LogP contribution in [0.2, 0.25) is 0 Å². The first-order valence-corrected chi connectivity index (χ1v) is 2.41. The molecule has 0 bridgehead atoms. The summed E-state index contributed by atoms with van der Waals surface area (Å²) in [4.78, 5) is 0. The normalized spacial score (nSPS) is 48.1. The van der Waals surface area contributed by atoms with E-state index in [2.05, 4.69) is 0 Å². The first-order valence-electron chi connectivity index (χ1n) is 4.41. The Morgan fingerprint density at radius 3 is 2.29 bits per heavy atom. The number of nitrogens with zero attached hydrogens (tertiary/aromatic N) is 1. The Morgan fingerprint density at radius 2 is 1.86 bits per heavy atom. The van der Waals surface area contributed by atoms with Crippen molar-refractivity contribution < 1.29 is 5.48 Å². The molecule has 7 heavy (non-hydrogen) atoms. The van der Waals surface area contributed by atoms with Crippen molar-refractivity contribution >= 4 is 0 Å². The molecule has 0 aromatic rings. The smallest absolute Gasteiger partial charge is 0.0446 e. The van der Waals surface area contributed by atoms with Crippen molar-refractivity contribution in [2.45, 2.75) is 19.3 Å². The van der Waals surface area contributed by atoms with E-state index in [9.17, 15) is 0 Å². The minimum Gasteiger partial charge on any atom is -0.269 e. The molecule has 0 atom stereocenters. The average Bonchev–Trinajstić information content (AvgIpc) is 1.82. The third-order valence-electron chi connectivity index (χ3n) is 0.918. The predicted octanol–water partition coefficient (Wildman–Crippen LogP) is 0.346. The summed E-state index contributed by atoms with van der Waals surface area (Å²) >= 11 is 0. The number of hydrazine groups is 1. The van der Waals surface area contributed by atoms with Gasteiger partial charge < -0.3 is 0 Å². The molecule has 0 spiro atoms. The fraction of sp³-hybridized carbons (Fsp3) is 1.00. The van der Waals surface area contributed by atoms with E-state index in [0.717, 1.165) is 0 Å². The van der Waals surface area contributed by atoms with Crippen molar-refractivity contribution in [3.8, 4) is 0 Å². The Labute approximate surface area is 49.9 Å². The molecule has 1 saturated heterocycles. The molecule has 2 nitrogen and oxygen atoms in total. The van der Waals surface area contributed by atoms with Gasteiger partial charge in [0.2, 0.25) is 0 Å². The molecule has 2 N–H and O–H groups in total. The third kappa shape index (κ3) is 1.45. The number of hydrogen-bond acceptors (Lipinski definition) is 2. The first-order chi connectivity index (χ1) is 4.86. The maximum absolute atomic E-state index is 7.32. The Morgan fingerprint density at radius 1 is 1.29 bits per heavy atom. The number of rotatable bonds is 0. The molecule has 0 aliphatic carbocycles. The molecule has 0 amide bonds.